The van der Waals surface area contributed by atoms with Gasteiger partial charge in [-0.15, -0.1) is 0 Å². The lowest BCUT2D eigenvalue weighted by atomic mass is 10.0. The van der Waals surface area contributed by atoms with Crippen LogP contribution in [0.1, 0.15) is 25.5 Å². The summed E-state index contributed by atoms with van der Waals surface area (Å²) >= 11 is 0. The average molecular weight is 396 g/mol. The number of rotatable bonds is 6. The van der Waals surface area contributed by atoms with Crippen LogP contribution in [0.15, 0.2) is 30.8 Å². The van der Waals surface area contributed by atoms with Gasteiger partial charge in [0.05, 0.1) is 17.3 Å². The first-order valence-corrected chi connectivity index (χ1v) is 9.36. The molecule has 2 aromatic rings. The minimum atomic E-state index is -4.59. The van der Waals surface area contributed by atoms with Crippen molar-refractivity contribution >= 4 is 27.9 Å². The second-order valence-electron chi connectivity index (χ2n) is 6.92. The molecule has 4 nitrogen and oxygen atoms in total. The number of pyridine rings is 1. The molecule has 2 heterocycles. The molecule has 3 N–H and O–H groups in total. The Bertz CT molecular complexity index is 850. The molecule has 1 saturated heterocycles. The summed E-state index contributed by atoms with van der Waals surface area (Å²) in [6.45, 7) is 6.69. The second-order valence-corrected chi connectivity index (χ2v) is 6.92. The smallest absolute Gasteiger partial charge is 0.379 e. The molecule has 1 fully saturated rings. The van der Waals surface area contributed by atoms with Gasteiger partial charge in [0.2, 0.25) is 0 Å². The van der Waals surface area contributed by atoms with Crippen LogP contribution >= 0.6 is 0 Å². The van der Waals surface area contributed by atoms with Crippen LogP contribution in [0, 0.1) is 0 Å². The molecule has 1 aliphatic heterocycles. The van der Waals surface area contributed by atoms with E-state index in [0.29, 0.717) is 41.8 Å². The van der Waals surface area contributed by atoms with Crippen LogP contribution in [-0.2, 0) is 0 Å². The van der Waals surface area contributed by atoms with Crippen molar-refractivity contribution in [3.8, 4) is 0 Å². The number of aromatic nitrogens is 1. The number of anilines is 2. The summed E-state index contributed by atoms with van der Waals surface area (Å²) in [5, 5.41) is 10.1. The van der Waals surface area contributed by atoms with Gasteiger partial charge in [0.15, 0.2) is 0 Å². The lowest BCUT2D eigenvalue weighted by Gasteiger charge is -2.29. The van der Waals surface area contributed by atoms with Gasteiger partial charge in [-0.05, 0) is 31.5 Å². The monoisotopic (exact) mass is 396 g/mol. The molecule has 3 rings (SSSR count). The Labute approximate surface area is 161 Å². The van der Waals surface area contributed by atoms with E-state index < -0.39 is 24.0 Å². The molecule has 0 spiro atoms. The van der Waals surface area contributed by atoms with Crippen LogP contribution in [0.4, 0.5) is 29.1 Å². The Hall–Kier alpha value is -2.35. The number of halogens is 4. The van der Waals surface area contributed by atoms with E-state index in [-0.39, 0.29) is 12.2 Å². The zero-order valence-corrected chi connectivity index (χ0v) is 15.7. The standard InChI is InChI=1S/C20H24F4N4/c1-3-8-26-18-10-14-13(19(28-18)12(2)20(22,23)24)5-4-6-16(14)27-17-7-9-25-11-15(17)21/h4-6,10,15,17,25,27H,2-3,7-9,11H2,1H3,(H,26,28). The van der Waals surface area contributed by atoms with Gasteiger partial charge in [0.25, 0.3) is 0 Å². The molecule has 2 atom stereocenters. The zero-order chi connectivity index (χ0) is 20.3. The molecule has 0 aliphatic carbocycles. The van der Waals surface area contributed by atoms with E-state index in [2.05, 4.69) is 27.5 Å². The van der Waals surface area contributed by atoms with Gasteiger partial charge < -0.3 is 16.0 Å². The summed E-state index contributed by atoms with van der Waals surface area (Å²) in [5.41, 5.74) is -0.625. The molecule has 0 saturated carbocycles. The molecule has 8 heteroatoms. The number of piperidine rings is 1. The lowest BCUT2D eigenvalue weighted by molar-refractivity contribution is -0.0688. The highest BCUT2D eigenvalue weighted by atomic mass is 19.4. The van der Waals surface area contributed by atoms with Crippen molar-refractivity contribution in [3.63, 3.8) is 0 Å². The van der Waals surface area contributed by atoms with E-state index >= 15 is 0 Å². The summed E-state index contributed by atoms with van der Waals surface area (Å²) < 4.78 is 54.2. The first kappa shape index (κ1) is 20.4. The predicted octanol–water partition coefficient (Wildman–Crippen LogP) is 4.74. The molecule has 2 unspecified atom stereocenters. The highest BCUT2D eigenvalue weighted by molar-refractivity contribution is 6.01. The summed E-state index contributed by atoms with van der Waals surface area (Å²) in [7, 11) is 0. The number of fused-ring (bicyclic) bond motifs is 1. The van der Waals surface area contributed by atoms with E-state index in [1.807, 2.05) is 6.92 Å². The van der Waals surface area contributed by atoms with Crippen molar-refractivity contribution in [1.82, 2.24) is 10.3 Å². The molecule has 1 aliphatic rings. The third-order valence-electron chi connectivity index (χ3n) is 4.81. The molecule has 28 heavy (non-hydrogen) atoms. The van der Waals surface area contributed by atoms with Crippen molar-refractivity contribution in [2.45, 2.75) is 38.2 Å². The van der Waals surface area contributed by atoms with E-state index in [1.54, 1.807) is 24.3 Å². The molecule has 152 valence electrons. The summed E-state index contributed by atoms with van der Waals surface area (Å²) in [6, 6.07) is 6.28. The van der Waals surface area contributed by atoms with Gasteiger partial charge >= 0.3 is 6.18 Å². The van der Waals surface area contributed by atoms with Crippen LogP contribution < -0.4 is 16.0 Å². The largest absolute Gasteiger partial charge is 0.417 e. The number of hydrogen-bond donors (Lipinski definition) is 3. The lowest BCUT2D eigenvalue weighted by Crippen LogP contribution is -2.45. The maximum atomic E-state index is 14.2. The van der Waals surface area contributed by atoms with Gasteiger partial charge in [0.1, 0.15) is 12.0 Å². The van der Waals surface area contributed by atoms with Crippen molar-refractivity contribution in [3.05, 3.63) is 36.5 Å². The van der Waals surface area contributed by atoms with Crippen LogP contribution in [0.25, 0.3) is 16.3 Å². The number of allylic oxidation sites excluding steroid dienone is 1. The normalized spacial score (nSPS) is 20.2. The Balaban J connectivity index is 2.08. The SMILES string of the molecule is C=C(c1nc(NCCC)cc2c(NC3CCNCC3F)cccc12)C(F)(F)F. The maximum Gasteiger partial charge on any atom is 0.417 e. The van der Waals surface area contributed by atoms with Gasteiger partial charge in [-0.2, -0.15) is 13.2 Å². The Morgan fingerprint density at radius 2 is 2.11 bits per heavy atom. The minimum absolute atomic E-state index is 0.214. The number of benzene rings is 1. The van der Waals surface area contributed by atoms with Crippen molar-refractivity contribution in [2.75, 3.05) is 30.3 Å². The van der Waals surface area contributed by atoms with Crippen LogP contribution in [-0.4, -0.2) is 43.0 Å². The maximum absolute atomic E-state index is 14.2. The second kappa shape index (κ2) is 8.34. The number of alkyl halides is 4. The number of nitrogens with one attached hydrogen (secondary N) is 3. The molecule has 0 bridgehead atoms. The van der Waals surface area contributed by atoms with E-state index in [4.69, 9.17) is 0 Å². The predicted molar refractivity (Wildman–Crippen MR) is 105 cm³/mol. The van der Waals surface area contributed by atoms with Crippen LogP contribution in [0.5, 0.6) is 0 Å². The summed E-state index contributed by atoms with van der Waals surface area (Å²) in [5.74, 6) is 0.339. The van der Waals surface area contributed by atoms with Gasteiger partial charge in [-0.3, -0.25) is 0 Å². The van der Waals surface area contributed by atoms with Gasteiger partial charge in [-0.1, -0.05) is 25.6 Å². The molecule has 0 radical (unpaired) electrons. The third kappa shape index (κ3) is 4.38. The topological polar surface area (TPSA) is 49.0 Å². The van der Waals surface area contributed by atoms with Crippen molar-refractivity contribution in [2.24, 2.45) is 0 Å². The van der Waals surface area contributed by atoms with Crippen molar-refractivity contribution < 1.29 is 17.6 Å². The number of hydrogen-bond acceptors (Lipinski definition) is 4. The summed E-state index contributed by atoms with van der Waals surface area (Å²) in [4.78, 5) is 4.17. The Kier molecular flexibility index (Phi) is 6.07. The summed E-state index contributed by atoms with van der Waals surface area (Å²) in [6.07, 6.45) is -4.28. The highest BCUT2D eigenvalue weighted by Crippen LogP contribution is 2.38. The van der Waals surface area contributed by atoms with Gasteiger partial charge in [-0.25, -0.2) is 9.37 Å². The average Bonchev–Trinajstić information content (AvgIpc) is 2.66. The fourth-order valence-corrected chi connectivity index (χ4v) is 3.29. The Morgan fingerprint density at radius 1 is 1.32 bits per heavy atom. The van der Waals surface area contributed by atoms with E-state index in [1.165, 1.54) is 0 Å². The molecular weight excluding hydrogens is 372 g/mol. The number of nitrogens with zero attached hydrogens (tertiary/aromatic N) is 1. The minimum Gasteiger partial charge on any atom is -0.379 e. The fraction of sp³-hybridized carbons (Fsp3) is 0.450. The van der Waals surface area contributed by atoms with Crippen LogP contribution in [0.3, 0.4) is 0 Å². The molecule has 1 aromatic carbocycles. The van der Waals surface area contributed by atoms with E-state index in [9.17, 15) is 17.6 Å². The van der Waals surface area contributed by atoms with Crippen molar-refractivity contribution in [1.29, 1.82) is 0 Å². The Morgan fingerprint density at radius 3 is 2.79 bits per heavy atom. The van der Waals surface area contributed by atoms with Gasteiger partial charge in [0, 0.05) is 29.5 Å². The molecule has 1 aromatic heterocycles. The quantitative estimate of drug-likeness (QED) is 0.617. The molecule has 0 amide bonds. The van der Waals surface area contributed by atoms with E-state index in [0.717, 1.165) is 6.42 Å². The van der Waals surface area contributed by atoms with Crippen LogP contribution in [0.2, 0.25) is 0 Å². The molecular formula is C20H24F4N4. The fourth-order valence-electron chi connectivity index (χ4n) is 3.29. The third-order valence-corrected chi connectivity index (χ3v) is 4.81. The zero-order valence-electron chi connectivity index (χ0n) is 15.7. The highest BCUT2D eigenvalue weighted by Gasteiger charge is 2.35. The first-order valence-electron chi connectivity index (χ1n) is 9.36. The first-order chi connectivity index (χ1) is 13.3.